The lowest BCUT2D eigenvalue weighted by atomic mass is 9.91. The van der Waals surface area contributed by atoms with Gasteiger partial charge in [0.15, 0.2) is 0 Å². The Hall–Kier alpha value is -1.61. The van der Waals surface area contributed by atoms with Gasteiger partial charge in [0.25, 0.3) is 5.24 Å². The van der Waals surface area contributed by atoms with Crippen molar-refractivity contribution in [2.24, 2.45) is 0 Å². The van der Waals surface area contributed by atoms with Crippen molar-refractivity contribution < 1.29 is 9.32 Å². The largest absolute Gasteiger partial charge is 0.360 e. The summed E-state index contributed by atoms with van der Waals surface area (Å²) in [4.78, 5) is 11.6. The highest BCUT2D eigenvalue weighted by atomic mass is 35.5. The molecule has 2 aromatic rings. The third-order valence-electron chi connectivity index (χ3n) is 3.66. The summed E-state index contributed by atoms with van der Waals surface area (Å²) in [6.45, 7) is 9.81. The molecule has 0 aliphatic rings. The molecule has 0 aliphatic heterocycles. The van der Waals surface area contributed by atoms with Gasteiger partial charge in [0.1, 0.15) is 17.0 Å². The standard InChI is InChI=1S/C15H16ClNO2/c1-7-6-8(2)10(4)12(9(7)3)14-13(15(16)18)11(5)19-17-14/h6H,1-5H3. The van der Waals surface area contributed by atoms with Crippen LogP contribution in [-0.4, -0.2) is 10.4 Å². The summed E-state index contributed by atoms with van der Waals surface area (Å²) in [6.07, 6.45) is 0. The first kappa shape index (κ1) is 13.8. The van der Waals surface area contributed by atoms with E-state index < -0.39 is 5.24 Å². The molecule has 0 spiro atoms. The highest BCUT2D eigenvalue weighted by molar-refractivity contribution is 6.68. The highest BCUT2D eigenvalue weighted by Crippen LogP contribution is 2.34. The van der Waals surface area contributed by atoms with Crippen LogP contribution in [0, 0.1) is 34.6 Å². The monoisotopic (exact) mass is 277 g/mol. The van der Waals surface area contributed by atoms with Crippen molar-refractivity contribution in [2.45, 2.75) is 34.6 Å². The van der Waals surface area contributed by atoms with E-state index >= 15 is 0 Å². The number of hydrogen-bond donors (Lipinski definition) is 0. The van der Waals surface area contributed by atoms with Crippen LogP contribution in [0.5, 0.6) is 0 Å². The number of benzene rings is 1. The van der Waals surface area contributed by atoms with Crippen LogP contribution < -0.4 is 0 Å². The number of rotatable bonds is 2. The Kier molecular flexibility index (Phi) is 3.50. The molecule has 3 nitrogen and oxygen atoms in total. The maximum atomic E-state index is 11.6. The third kappa shape index (κ3) is 2.19. The van der Waals surface area contributed by atoms with Crippen LogP contribution in [0.4, 0.5) is 0 Å². The molecule has 0 bridgehead atoms. The van der Waals surface area contributed by atoms with E-state index in [0.29, 0.717) is 17.0 Å². The van der Waals surface area contributed by atoms with Gasteiger partial charge in [-0.2, -0.15) is 0 Å². The Morgan fingerprint density at radius 1 is 1.11 bits per heavy atom. The van der Waals surface area contributed by atoms with Crippen LogP contribution in [0.25, 0.3) is 11.3 Å². The molecule has 19 heavy (non-hydrogen) atoms. The van der Waals surface area contributed by atoms with Gasteiger partial charge >= 0.3 is 0 Å². The van der Waals surface area contributed by atoms with Crippen LogP contribution in [-0.2, 0) is 0 Å². The van der Waals surface area contributed by atoms with Crippen molar-refractivity contribution in [1.29, 1.82) is 0 Å². The molecule has 0 N–H and O–H groups in total. The van der Waals surface area contributed by atoms with Crippen LogP contribution >= 0.6 is 11.6 Å². The number of aromatic nitrogens is 1. The smallest absolute Gasteiger partial charge is 0.258 e. The van der Waals surface area contributed by atoms with Crippen molar-refractivity contribution in [3.8, 4) is 11.3 Å². The molecule has 1 aromatic carbocycles. The minimum absolute atomic E-state index is 0.359. The molecule has 0 amide bonds. The fourth-order valence-electron chi connectivity index (χ4n) is 2.35. The molecule has 4 heteroatoms. The summed E-state index contributed by atoms with van der Waals surface area (Å²) in [5.74, 6) is 0.452. The maximum Gasteiger partial charge on any atom is 0.258 e. The van der Waals surface area contributed by atoms with E-state index in [2.05, 4.69) is 11.2 Å². The van der Waals surface area contributed by atoms with Crippen LogP contribution in [0.3, 0.4) is 0 Å². The Morgan fingerprint density at radius 2 is 1.63 bits per heavy atom. The van der Waals surface area contributed by atoms with E-state index in [4.69, 9.17) is 16.1 Å². The third-order valence-corrected chi connectivity index (χ3v) is 3.85. The molecule has 0 fully saturated rings. The summed E-state index contributed by atoms with van der Waals surface area (Å²) < 4.78 is 5.15. The van der Waals surface area contributed by atoms with Crippen molar-refractivity contribution in [1.82, 2.24) is 5.16 Å². The van der Waals surface area contributed by atoms with Gasteiger partial charge in [-0.15, -0.1) is 0 Å². The van der Waals surface area contributed by atoms with Crippen LogP contribution in [0.15, 0.2) is 10.6 Å². The molecule has 0 aliphatic carbocycles. The van der Waals surface area contributed by atoms with Crippen molar-refractivity contribution >= 4 is 16.8 Å². The van der Waals surface area contributed by atoms with E-state index in [9.17, 15) is 4.79 Å². The van der Waals surface area contributed by atoms with Gasteiger partial charge in [-0.1, -0.05) is 11.2 Å². The molecule has 0 unspecified atom stereocenters. The number of carbonyl (C=O) groups excluding carboxylic acids is 1. The number of nitrogens with zero attached hydrogens (tertiary/aromatic N) is 1. The summed E-state index contributed by atoms with van der Waals surface area (Å²) in [5.41, 5.74) is 6.35. The summed E-state index contributed by atoms with van der Waals surface area (Å²) >= 11 is 5.65. The normalized spacial score (nSPS) is 10.8. The van der Waals surface area contributed by atoms with Crippen LogP contribution in [0.1, 0.15) is 38.4 Å². The lowest BCUT2D eigenvalue weighted by molar-refractivity contribution is 0.108. The fraction of sp³-hybridized carbons (Fsp3) is 0.333. The molecular formula is C15H16ClNO2. The molecule has 0 atom stereocenters. The van der Waals surface area contributed by atoms with Crippen molar-refractivity contribution in [3.63, 3.8) is 0 Å². The first-order valence-electron chi connectivity index (χ1n) is 6.08. The maximum absolute atomic E-state index is 11.6. The average molecular weight is 278 g/mol. The zero-order valence-corrected chi connectivity index (χ0v) is 12.5. The first-order valence-corrected chi connectivity index (χ1v) is 6.46. The minimum Gasteiger partial charge on any atom is -0.360 e. The summed E-state index contributed by atoms with van der Waals surface area (Å²) in [5, 5.41) is 3.50. The lowest BCUT2D eigenvalue weighted by Gasteiger charge is -2.13. The zero-order chi connectivity index (χ0) is 14.3. The fourth-order valence-corrected chi connectivity index (χ4v) is 2.57. The van der Waals surface area contributed by atoms with Gasteiger partial charge < -0.3 is 4.52 Å². The average Bonchev–Trinajstić information content (AvgIpc) is 2.69. The Balaban J connectivity index is 2.83. The number of hydrogen-bond acceptors (Lipinski definition) is 3. The molecule has 0 saturated carbocycles. The molecule has 0 radical (unpaired) electrons. The number of halogens is 1. The quantitative estimate of drug-likeness (QED) is 0.770. The van der Waals surface area contributed by atoms with Crippen molar-refractivity contribution in [2.75, 3.05) is 0 Å². The Labute approximate surface area is 117 Å². The van der Waals surface area contributed by atoms with Crippen LogP contribution in [0.2, 0.25) is 0 Å². The molecule has 1 aromatic heterocycles. The second kappa shape index (κ2) is 4.82. The summed E-state index contributed by atoms with van der Waals surface area (Å²) in [6, 6.07) is 2.13. The van der Waals surface area contributed by atoms with E-state index in [1.165, 1.54) is 0 Å². The molecular weight excluding hydrogens is 262 g/mol. The van der Waals surface area contributed by atoms with Gasteiger partial charge in [0.05, 0.1) is 0 Å². The topological polar surface area (TPSA) is 43.1 Å². The first-order chi connectivity index (χ1) is 8.84. The van der Waals surface area contributed by atoms with E-state index in [1.54, 1.807) is 6.92 Å². The predicted molar refractivity (Wildman–Crippen MR) is 75.8 cm³/mol. The summed E-state index contributed by atoms with van der Waals surface area (Å²) in [7, 11) is 0. The highest BCUT2D eigenvalue weighted by Gasteiger charge is 2.23. The second-order valence-electron chi connectivity index (χ2n) is 4.87. The second-order valence-corrected chi connectivity index (χ2v) is 5.21. The minimum atomic E-state index is -0.535. The number of aryl methyl sites for hydroxylation is 3. The Morgan fingerprint density at radius 3 is 2.11 bits per heavy atom. The molecule has 0 saturated heterocycles. The van der Waals surface area contributed by atoms with Crippen molar-refractivity contribution in [3.05, 3.63) is 39.6 Å². The predicted octanol–water partition coefficient (Wildman–Crippen LogP) is 4.26. The zero-order valence-electron chi connectivity index (χ0n) is 11.7. The molecule has 100 valence electrons. The Bertz CT molecular complexity index is 645. The SMILES string of the molecule is Cc1cc(C)c(C)c(-c2noc(C)c2C(=O)Cl)c1C. The van der Waals surface area contributed by atoms with Gasteiger partial charge in [-0.3, -0.25) is 4.79 Å². The molecule has 2 rings (SSSR count). The lowest BCUT2D eigenvalue weighted by Crippen LogP contribution is -1.99. The number of carbonyl (C=O) groups is 1. The van der Waals surface area contributed by atoms with E-state index in [1.807, 2.05) is 27.7 Å². The van der Waals surface area contributed by atoms with Gasteiger partial charge in [0, 0.05) is 5.56 Å². The van der Waals surface area contributed by atoms with Gasteiger partial charge in [-0.25, -0.2) is 0 Å². The van der Waals surface area contributed by atoms with E-state index in [0.717, 1.165) is 27.8 Å². The van der Waals surface area contributed by atoms with Gasteiger partial charge in [-0.05, 0) is 68.5 Å². The van der Waals surface area contributed by atoms with Gasteiger partial charge in [0.2, 0.25) is 0 Å². The molecule has 1 heterocycles. The van der Waals surface area contributed by atoms with E-state index in [-0.39, 0.29) is 0 Å².